The molecular formula is C21H26O6. The first-order chi connectivity index (χ1) is 13.2. The molecule has 0 radical (unpaired) electrons. The monoisotopic (exact) mass is 374 g/mol. The summed E-state index contributed by atoms with van der Waals surface area (Å²) >= 11 is 0. The minimum Gasteiger partial charge on any atom is -0.394 e. The maximum absolute atomic E-state index is 10.4. The van der Waals surface area contributed by atoms with E-state index >= 15 is 0 Å². The van der Waals surface area contributed by atoms with Gasteiger partial charge in [0.05, 0.1) is 25.9 Å². The molecule has 1 aliphatic heterocycles. The molecule has 2 aromatic rings. The largest absolute Gasteiger partial charge is 0.394 e. The second kappa shape index (κ2) is 9.94. The van der Waals surface area contributed by atoms with Crippen molar-refractivity contribution in [3.63, 3.8) is 0 Å². The molecule has 146 valence electrons. The van der Waals surface area contributed by atoms with Crippen molar-refractivity contribution >= 4 is 0 Å². The SMILES string of the molecule is OC[C@H](O[C@@H]1C[C@H](OCc2ccccc2)[C@@H](O)[C@H](CO)O1)c1ccccc1. The molecule has 1 fully saturated rings. The molecule has 1 heterocycles. The van der Waals surface area contributed by atoms with Crippen molar-refractivity contribution in [2.45, 2.75) is 43.7 Å². The van der Waals surface area contributed by atoms with E-state index in [1.807, 2.05) is 60.7 Å². The van der Waals surface area contributed by atoms with E-state index in [9.17, 15) is 15.3 Å². The van der Waals surface area contributed by atoms with Crippen LogP contribution in [0.4, 0.5) is 0 Å². The molecular weight excluding hydrogens is 348 g/mol. The Hall–Kier alpha value is -1.80. The van der Waals surface area contributed by atoms with Crippen molar-refractivity contribution < 1.29 is 29.5 Å². The van der Waals surface area contributed by atoms with E-state index in [2.05, 4.69) is 0 Å². The van der Waals surface area contributed by atoms with Gasteiger partial charge in [-0.25, -0.2) is 0 Å². The van der Waals surface area contributed by atoms with Gasteiger partial charge >= 0.3 is 0 Å². The third-order valence-corrected chi connectivity index (χ3v) is 4.65. The molecule has 3 rings (SSSR count). The first kappa shape index (κ1) is 19.9. The zero-order valence-corrected chi connectivity index (χ0v) is 15.1. The number of aliphatic hydroxyl groups is 3. The predicted molar refractivity (Wildman–Crippen MR) is 98.7 cm³/mol. The normalized spacial score (nSPS) is 26.6. The van der Waals surface area contributed by atoms with Crippen LogP contribution in [0.25, 0.3) is 0 Å². The zero-order chi connectivity index (χ0) is 19.1. The van der Waals surface area contributed by atoms with Crippen molar-refractivity contribution in [2.24, 2.45) is 0 Å². The van der Waals surface area contributed by atoms with Crippen LogP contribution in [0.5, 0.6) is 0 Å². The summed E-state index contributed by atoms with van der Waals surface area (Å²) in [6, 6.07) is 19.0. The fourth-order valence-electron chi connectivity index (χ4n) is 3.16. The maximum atomic E-state index is 10.4. The van der Waals surface area contributed by atoms with Gasteiger partial charge in [-0.2, -0.15) is 0 Å². The number of ether oxygens (including phenoxy) is 3. The molecule has 6 nitrogen and oxygen atoms in total. The van der Waals surface area contributed by atoms with E-state index in [1.165, 1.54) is 0 Å². The highest BCUT2D eigenvalue weighted by Crippen LogP contribution is 2.28. The number of hydrogen-bond donors (Lipinski definition) is 3. The molecule has 27 heavy (non-hydrogen) atoms. The summed E-state index contributed by atoms with van der Waals surface area (Å²) in [6.07, 6.45) is -3.27. The lowest BCUT2D eigenvalue weighted by Crippen LogP contribution is -2.51. The average molecular weight is 374 g/mol. The maximum Gasteiger partial charge on any atom is 0.161 e. The molecule has 0 aromatic heterocycles. The number of rotatable bonds is 8. The standard InChI is InChI=1S/C21H26O6/c22-12-18(16-9-5-2-6-10-16)26-20-11-17(21(24)19(13-23)27-20)25-14-15-7-3-1-4-8-15/h1-10,17-24H,11-14H2/t17-,18-,19-,20-,21+/m0/s1. The third-order valence-electron chi connectivity index (χ3n) is 4.65. The molecule has 6 heteroatoms. The van der Waals surface area contributed by atoms with E-state index < -0.39 is 30.7 Å². The first-order valence-corrected chi connectivity index (χ1v) is 9.12. The van der Waals surface area contributed by atoms with Crippen LogP contribution in [-0.4, -0.2) is 53.1 Å². The highest BCUT2D eigenvalue weighted by molar-refractivity contribution is 5.17. The Morgan fingerprint density at radius 1 is 1.00 bits per heavy atom. The summed E-state index contributed by atoms with van der Waals surface area (Å²) in [5, 5.41) is 29.7. The van der Waals surface area contributed by atoms with Gasteiger partial charge in [0.2, 0.25) is 0 Å². The van der Waals surface area contributed by atoms with E-state index in [1.54, 1.807) is 0 Å². The van der Waals surface area contributed by atoms with Crippen LogP contribution in [0.1, 0.15) is 23.7 Å². The van der Waals surface area contributed by atoms with Crippen LogP contribution in [0.2, 0.25) is 0 Å². The Morgan fingerprint density at radius 3 is 2.30 bits per heavy atom. The van der Waals surface area contributed by atoms with E-state index in [0.29, 0.717) is 13.0 Å². The van der Waals surface area contributed by atoms with Gasteiger partial charge in [-0.3, -0.25) is 0 Å². The van der Waals surface area contributed by atoms with Gasteiger partial charge in [0.25, 0.3) is 0 Å². The van der Waals surface area contributed by atoms with Crippen LogP contribution in [0, 0.1) is 0 Å². The van der Waals surface area contributed by atoms with Crippen LogP contribution in [0.15, 0.2) is 60.7 Å². The topological polar surface area (TPSA) is 88.4 Å². The van der Waals surface area contributed by atoms with Gasteiger partial charge in [0, 0.05) is 6.42 Å². The minimum absolute atomic E-state index is 0.203. The number of aliphatic hydroxyl groups excluding tert-OH is 3. The first-order valence-electron chi connectivity index (χ1n) is 9.12. The number of benzene rings is 2. The second-order valence-electron chi connectivity index (χ2n) is 6.57. The Labute approximate surface area is 158 Å². The predicted octanol–water partition coefficient (Wildman–Crippen LogP) is 1.79. The van der Waals surface area contributed by atoms with Gasteiger partial charge in [-0.15, -0.1) is 0 Å². The van der Waals surface area contributed by atoms with Crippen LogP contribution >= 0.6 is 0 Å². The van der Waals surface area contributed by atoms with Crippen molar-refractivity contribution in [2.75, 3.05) is 13.2 Å². The van der Waals surface area contributed by atoms with Gasteiger partial charge in [0.15, 0.2) is 6.29 Å². The van der Waals surface area contributed by atoms with E-state index in [0.717, 1.165) is 11.1 Å². The molecule has 3 N–H and O–H groups in total. The quantitative estimate of drug-likeness (QED) is 0.653. The molecule has 1 saturated heterocycles. The fourth-order valence-corrected chi connectivity index (χ4v) is 3.16. The molecule has 0 amide bonds. The van der Waals surface area contributed by atoms with Crippen LogP contribution in [0.3, 0.4) is 0 Å². The lowest BCUT2D eigenvalue weighted by atomic mass is 10.0. The van der Waals surface area contributed by atoms with Gasteiger partial charge < -0.3 is 29.5 Å². The minimum atomic E-state index is -0.956. The van der Waals surface area contributed by atoms with Gasteiger partial charge in [0.1, 0.15) is 18.3 Å². The molecule has 1 aliphatic rings. The smallest absolute Gasteiger partial charge is 0.161 e. The van der Waals surface area contributed by atoms with Crippen molar-refractivity contribution in [3.8, 4) is 0 Å². The summed E-state index contributed by atoms with van der Waals surface area (Å²) < 4.78 is 17.5. The second-order valence-corrected chi connectivity index (χ2v) is 6.57. The molecule has 0 saturated carbocycles. The Morgan fingerprint density at radius 2 is 1.67 bits per heavy atom. The Kier molecular flexibility index (Phi) is 7.34. The summed E-state index contributed by atoms with van der Waals surface area (Å²) in [4.78, 5) is 0. The Balaban J connectivity index is 1.64. The van der Waals surface area contributed by atoms with Crippen molar-refractivity contribution in [1.82, 2.24) is 0 Å². The zero-order valence-electron chi connectivity index (χ0n) is 15.1. The summed E-state index contributed by atoms with van der Waals surface area (Å²) in [6.45, 7) is -0.206. The fraction of sp³-hybridized carbons (Fsp3) is 0.429. The van der Waals surface area contributed by atoms with E-state index in [4.69, 9.17) is 14.2 Å². The Bertz CT molecular complexity index is 665. The lowest BCUT2D eigenvalue weighted by Gasteiger charge is -2.39. The molecule has 0 unspecified atom stereocenters. The highest BCUT2D eigenvalue weighted by atomic mass is 16.7. The van der Waals surface area contributed by atoms with Crippen LogP contribution < -0.4 is 0 Å². The molecule has 5 atom stereocenters. The van der Waals surface area contributed by atoms with Gasteiger partial charge in [-0.05, 0) is 11.1 Å². The summed E-state index contributed by atoms with van der Waals surface area (Å²) in [5.41, 5.74) is 1.82. The summed E-state index contributed by atoms with van der Waals surface area (Å²) in [5.74, 6) is 0. The van der Waals surface area contributed by atoms with Crippen molar-refractivity contribution in [3.05, 3.63) is 71.8 Å². The molecule has 2 aromatic carbocycles. The molecule has 0 aliphatic carbocycles. The summed E-state index contributed by atoms with van der Waals surface area (Å²) in [7, 11) is 0. The van der Waals surface area contributed by atoms with E-state index in [-0.39, 0.29) is 13.2 Å². The number of hydrogen-bond acceptors (Lipinski definition) is 6. The highest BCUT2D eigenvalue weighted by Gasteiger charge is 2.39. The molecule has 0 spiro atoms. The lowest BCUT2D eigenvalue weighted by molar-refractivity contribution is -0.280. The average Bonchev–Trinajstić information content (AvgIpc) is 2.73. The third kappa shape index (κ3) is 5.35. The van der Waals surface area contributed by atoms with Crippen molar-refractivity contribution in [1.29, 1.82) is 0 Å². The van der Waals surface area contributed by atoms with Gasteiger partial charge in [-0.1, -0.05) is 60.7 Å². The molecule has 0 bridgehead atoms. The van der Waals surface area contributed by atoms with Crippen LogP contribution in [-0.2, 0) is 20.8 Å².